The Morgan fingerprint density at radius 3 is 2.35 bits per heavy atom. The van der Waals surface area contributed by atoms with E-state index in [0.29, 0.717) is 6.04 Å². The van der Waals surface area contributed by atoms with Crippen molar-refractivity contribution in [1.29, 1.82) is 0 Å². The summed E-state index contributed by atoms with van der Waals surface area (Å²) in [7, 11) is 2.29. The third-order valence-corrected chi connectivity index (χ3v) is 4.07. The summed E-state index contributed by atoms with van der Waals surface area (Å²) in [5.74, 6) is 1.69. The van der Waals surface area contributed by atoms with Crippen molar-refractivity contribution in [3.63, 3.8) is 0 Å². The number of nitrogens with one attached hydrogen (secondary N) is 1. The van der Waals surface area contributed by atoms with Crippen LogP contribution in [0.4, 0.5) is 0 Å². The second-order valence-electron chi connectivity index (χ2n) is 6.13. The van der Waals surface area contributed by atoms with Gasteiger partial charge in [0.1, 0.15) is 0 Å². The molecule has 1 unspecified atom stereocenters. The molecule has 2 heteroatoms. The van der Waals surface area contributed by atoms with E-state index in [1.165, 1.54) is 45.2 Å². The van der Waals surface area contributed by atoms with E-state index < -0.39 is 0 Å². The van der Waals surface area contributed by atoms with Crippen LogP contribution in [-0.2, 0) is 0 Å². The van der Waals surface area contributed by atoms with Gasteiger partial charge >= 0.3 is 0 Å². The zero-order valence-corrected chi connectivity index (χ0v) is 12.3. The van der Waals surface area contributed by atoms with Gasteiger partial charge in [0, 0.05) is 19.1 Å². The Bertz CT molecular complexity index is 185. The molecule has 0 bridgehead atoms. The molecule has 1 aliphatic rings. The fourth-order valence-electron chi connectivity index (χ4n) is 2.99. The Balaban J connectivity index is 2.27. The van der Waals surface area contributed by atoms with Gasteiger partial charge in [-0.05, 0) is 38.3 Å². The van der Waals surface area contributed by atoms with Gasteiger partial charge in [-0.1, -0.05) is 40.0 Å². The molecule has 0 heterocycles. The molecule has 2 nitrogen and oxygen atoms in total. The van der Waals surface area contributed by atoms with Crippen LogP contribution in [0.3, 0.4) is 0 Å². The Hall–Kier alpha value is -0.0800. The third-order valence-electron chi connectivity index (χ3n) is 4.07. The largest absolute Gasteiger partial charge is 0.313 e. The van der Waals surface area contributed by atoms with Crippen molar-refractivity contribution in [2.75, 3.05) is 26.7 Å². The zero-order chi connectivity index (χ0) is 12.7. The molecule has 0 aromatic heterocycles. The Morgan fingerprint density at radius 2 is 1.82 bits per heavy atom. The Kier molecular flexibility index (Phi) is 7.14. The highest BCUT2D eigenvalue weighted by molar-refractivity contribution is 4.76. The molecule has 0 aromatic carbocycles. The van der Waals surface area contributed by atoms with E-state index in [9.17, 15) is 0 Å². The van der Waals surface area contributed by atoms with Crippen molar-refractivity contribution >= 4 is 0 Å². The minimum atomic E-state index is 0.647. The van der Waals surface area contributed by atoms with Crippen LogP contribution >= 0.6 is 0 Å². The van der Waals surface area contributed by atoms with Crippen LogP contribution in [0.25, 0.3) is 0 Å². The monoisotopic (exact) mass is 240 g/mol. The molecule has 17 heavy (non-hydrogen) atoms. The summed E-state index contributed by atoms with van der Waals surface area (Å²) in [5, 5.41) is 3.61. The highest BCUT2D eigenvalue weighted by atomic mass is 15.1. The van der Waals surface area contributed by atoms with Gasteiger partial charge in [0.15, 0.2) is 0 Å². The Labute approximate surface area is 108 Å². The summed E-state index contributed by atoms with van der Waals surface area (Å²) in [4.78, 5) is 2.54. The summed E-state index contributed by atoms with van der Waals surface area (Å²) in [6, 6.07) is 0.647. The summed E-state index contributed by atoms with van der Waals surface area (Å²) >= 11 is 0. The normalized spacial score (nSPS) is 20.1. The third kappa shape index (κ3) is 5.87. The molecule has 0 saturated heterocycles. The number of hydrogen-bond donors (Lipinski definition) is 1. The van der Waals surface area contributed by atoms with Crippen molar-refractivity contribution in [2.45, 2.75) is 58.9 Å². The van der Waals surface area contributed by atoms with Crippen LogP contribution < -0.4 is 5.32 Å². The average Bonchev–Trinajstić information content (AvgIpc) is 2.29. The van der Waals surface area contributed by atoms with Crippen molar-refractivity contribution in [1.82, 2.24) is 10.2 Å². The standard InChI is InChI=1S/C15H32N2/c1-5-16-15(13(2)3)12-17(4)11-14-9-7-6-8-10-14/h13-16H,5-12H2,1-4H3. The summed E-state index contributed by atoms with van der Waals surface area (Å²) in [6.07, 6.45) is 7.29. The summed E-state index contributed by atoms with van der Waals surface area (Å²) in [5.41, 5.74) is 0. The van der Waals surface area contributed by atoms with Crippen molar-refractivity contribution in [2.24, 2.45) is 11.8 Å². The molecule has 0 spiro atoms. The lowest BCUT2D eigenvalue weighted by Crippen LogP contribution is -2.44. The smallest absolute Gasteiger partial charge is 0.0217 e. The maximum atomic E-state index is 3.61. The number of hydrogen-bond acceptors (Lipinski definition) is 2. The molecule has 102 valence electrons. The molecule has 1 saturated carbocycles. The highest BCUT2D eigenvalue weighted by Gasteiger charge is 2.18. The molecule has 1 fully saturated rings. The number of nitrogens with zero attached hydrogens (tertiary/aromatic N) is 1. The first kappa shape index (κ1) is 15.0. The molecular weight excluding hydrogens is 208 g/mol. The quantitative estimate of drug-likeness (QED) is 0.735. The fourth-order valence-corrected chi connectivity index (χ4v) is 2.99. The molecule has 0 aliphatic heterocycles. The Morgan fingerprint density at radius 1 is 1.18 bits per heavy atom. The van der Waals surface area contributed by atoms with Crippen molar-refractivity contribution in [3.05, 3.63) is 0 Å². The SMILES string of the molecule is CCNC(CN(C)CC1CCCCC1)C(C)C. The van der Waals surface area contributed by atoms with Gasteiger partial charge in [-0.15, -0.1) is 0 Å². The van der Waals surface area contributed by atoms with Crippen LogP contribution in [0, 0.1) is 11.8 Å². The highest BCUT2D eigenvalue weighted by Crippen LogP contribution is 2.24. The molecule has 0 radical (unpaired) electrons. The maximum absolute atomic E-state index is 3.61. The first-order valence-electron chi connectivity index (χ1n) is 7.55. The van der Waals surface area contributed by atoms with E-state index in [-0.39, 0.29) is 0 Å². The van der Waals surface area contributed by atoms with E-state index in [1.807, 2.05) is 0 Å². The molecule has 1 rings (SSSR count). The first-order valence-corrected chi connectivity index (χ1v) is 7.55. The van der Waals surface area contributed by atoms with Crippen LogP contribution in [0.15, 0.2) is 0 Å². The van der Waals surface area contributed by atoms with E-state index in [0.717, 1.165) is 18.4 Å². The topological polar surface area (TPSA) is 15.3 Å². The van der Waals surface area contributed by atoms with E-state index in [4.69, 9.17) is 0 Å². The maximum Gasteiger partial charge on any atom is 0.0217 e. The molecular formula is C15H32N2. The lowest BCUT2D eigenvalue weighted by atomic mass is 9.89. The second kappa shape index (κ2) is 8.10. The van der Waals surface area contributed by atoms with Gasteiger partial charge in [-0.2, -0.15) is 0 Å². The van der Waals surface area contributed by atoms with Crippen LogP contribution in [0.1, 0.15) is 52.9 Å². The average molecular weight is 240 g/mol. The van der Waals surface area contributed by atoms with Crippen molar-refractivity contribution < 1.29 is 0 Å². The van der Waals surface area contributed by atoms with Crippen molar-refractivity contribution in [3.8, 4) is 0 Å². The minimum Gasteiger partial charge on any atom is -0.313 e. The van der Waals surface area contributed by atoms with Gasteiger partial charge < -0.3 is 10.2 Å². The molecule has 1 N–H and O–H groups in total. The fraction of sp³-hybridized carbons (Fsp3) is 1.00. The van der Waals surface area contributed by atoms with Crippen LogP contribution in [-0.4, -0.2) is 37.6 Å². The van der Waals surface area contributed by atoms with Crippen LogP contribution in [0.2, 0.25) is 0 Å². The zero-order valence-electron chi connectivity index (χ0n) is 12.3. The van der Waals surface area contributed by atoms with Gasteiger partial charge in [0.05, 0.1) is 0 Å². The molecule has 0 amide bonds. The predicted octanol–water partition coefficient (Wildman–Crippen LogP) is 3.13. The summed E-state index contributed by atoms with van der Waals surface area (Å²) in [6.45, 7) is 10.4. The lowest BCUT2D eigenvalue weighted by molar-refractivity contribution is 0.201. The summed E-state index contributed by atoms with van der Waals surface area (Å²) < 4.78 is 0. The second-order valence-corrected chi connectivity index (χ2v) is 6.13. The predicted molar refractivity (Wildman–Crippen MR) is 76.4 cm³/mol. The van der Waals surface area contributed by atoms with E-state index in [2.05, 4.69) is 38.0 Å². The van der Waals surface area contributed by atoms with Gasteiger partial charge in [-0.3, -0.25) is 0 Å². The van der Waals surface area contributed by atoms with Gasteiger partial charge in [-0.25, -0.2) is 0 Å². The van der Waals surface area contributed by atoms with E-state index >= 15 is 0 Å². The van der Waals surface area contributed by atoms with Crippen LogP contribution in [0.5, 0.6) is 0 Å². The molecule has 1 atom stereocenters. The van der Waals surface area contributed by atoms with Gasteiger partial charge in [0.2, 0.25) is 0 Å². The lowest BCUT2D eigenvalue weighted by Gasteiger charge is -2.31. The number of rotatable bonds is 7. The number of likely N-dealkylation sites (N-methyl/N-ethyl adjacent to an activating group) is 2. The molecule has 1 aliphatic carbocycles. The molecule has 0 aromatic rings. The van der Waals surface area contributed by atoms with Gasteiger partial charge in [0.25, 0.3) is 0 Å². The van der Waals surface area contributed by atoms with E-state index in [1.54, 1.807) is 0 Å². The first-order chi connectivity index (χ1) is 8.13. The minimum absolute atomic E-state index is 0.647.